The second kappa shape index (κ2) is 26.9. The monoisotopic (exact) mass is 563 g/mol. The first-order chi connectivity index (χ1) is 18.4. The highest BCUT2D eigenvalue weighted by Gasteiger charge is 2.33. The Balaban J connectivity index is 0.00000171. The van der Waals surface area contributed by atoms with Crippen molar-refractivity contribution in [3.05, 3.63) is 0 Å². The van der Waals surface area contributed by atoms with Gasteiger partial charge in [0.15, 0.2) is 0 Å². The van der Waals surface area contributed by atoms with Crippen LogP contribution < -0.4 is 10.6 Å². The van der Waals surface area contributed by atoms with Gasteiger partial charge in [-0.25, -0.2) is 13.3 Å². The number of nitrogens with two attached hydrogens (primary N) is 1. The number of likely N-dealkylation sites (N-methyl/N-ethyl adjacent to an activating group) is 1. The van der Waals surface area contributed by atoms with E-state index in [1.54, 1.807) is 4.90 Å². The summed E-state index contributed by atoms with van der Waals surface area (Å²) in [6, 6.07) is 0. The van der Waals surface area contributed by atoms with Gasteiger partial charge in [0, 0.05) is 19.5 Å². The van der Waals surface area contributed by atoms with Crippen LogP contribution in [0.15, 0.2) is 0 Å². The van der Waals surface area contributed by atoms with E-state index in [9.17, 15) is 13.0 Å². The summed E-state index contributed by atoms with van der Waals surface area (Å²) in [6.07, 6.45) is 29.9. The molecule has 1 aliphatic rings. The van der Waals surface area contributed by atoms with Crippen LogP contribution in [-0.2, 0) is 14.6 Å². The van der Waals surface area contributed by atoms with Crippen molar-refractivity contribution in [3.8, 4) is 0 Å². The molecule has 1 heterocycles. The van der Waals surface area contributed by atoms with Gasteiger partial charge in [0.1, 0.15) is 6.17 Å². The molecule has 1 fully saturated rings. The van der Waals surface area contributed by atoms with Crippen molar-refractivity contribution < 1.29 is 22.1 Å². The zero-order valence-corrected chi connectivity index (χ0v) is 26.3. The minimum atomic E-state index is -4.42. The number of nitrogens with one attached hydrogen (secondary N) is 1. The summed E-state index contributed by atoms with van der Waals surface area (Å²) in [5.41, 5.74) is 5.82. The van der Waals surface area contributed by atoms with Crippen LogP contribution in [0.25, 0.3) is 0 Å². The molecular weight excluding hydrogens is 498 g/mol. The molecule has 0 aromatic carbocycles. The average molecular weight is 564 g/mol. The normalized spacial score (nSPS) is 18.0. The van der Waals surface area contributed by atoms with Crippen molar-refractivity contribution in [2.24, 2.45) is 5.73 Å². The SMILES string of the molecule is CCCCCCCCCCCCCCCCCCCCCC1N(CC)CC[NH+]1CCN.CCOS(=O)(=O)[O-]. The van der Waals surface area contributed by atoms with Crippen LogP contribution >= 0.6 is 0 Å². The fraction of sp³-hybridized carbons (Fsp3) is 1.00. The summed E-state index contributed by atoms with van der Waals surface area (Å²) in [5, 5.41) is 0. The van der Waals surface area contributed by atoms with Gasteiger partial charge in [-0.3, -0.25) is 4.18 Å². The largest absolute Gasteiger partial charge is 0.726 e. The van der Waals surface area contributed by atoms with Gasteiger partial charge in [-0.1, -0.05) is 129 Å². The Kier molecular flexibility index (Phi) is 26.8. The molecule has 0 spiro atoms. The standard InChI is InChI=1S/C28H59N3.C2H6O4S/c1-3-5-6-7-8-9-10-11-12-13-14-15-16-17-18-19-20-21-22-23-28-30(4-2)26-27-31(28)25-24-29;1-2-6-7(3,4)5/h28H,3-27,29H2,1-2H3;2H2,1H3,(H,3,4,5). The molecular formula is C30H65N3O4S. The van der Waals surface area contributed by atoms with Gasteiger partial charge in [0.25, 0.3) is 0 Å². The number of rotatable bonds is 25. The summed E-state index contributed by atoms with van der Waals surface area (Å²) in [6.45, 7) is 11.7. The zero-order valence-electron chi connectivity index (χ0n) is 25.5. The van der Waals surface area contributed by atoms with Crippen LogP contribution in [-0.4, -0.2) is 63.4 Å². The molecule has 0 bridgehead atoms. The van der Waals surface area contributed by atoms with Gasteiger partial charge >= 0.3 is 0 Å². The lowest BCUT2D eigenvalue weighted by Gasteiger charge is -2.26. The van der Waals surface area contributed by atoms with E-state index < -0.39 is 10.4 Å². The molecule has 8 heteroatoms. The summed E-state index contributed by atoms with van der Waals surface area (Å²) in [4.78, 5) is 4.42. The van der Waals surface area contributed by atoms with Crippen molar-refractivity contribution in [3.63, 3.8) is 0 Å². The highest BCUT2D eigenvalue weighted by molar-refractivity contribution is 7.80. The molecule has 0 aliphatic carbocycles. The van der Waals surface area contributed by atoms with E-state index >= 15 is 0 Å². The molecule has 3 N–H and O–H groups in total. The smallest absolute Gasteiger partial charge is 0.217 e. The number of nitrogens with zero attached hydrogens (tertiary/aromatic N) is 1. The quantitative estimate of drug-likeness (QED) is 0.0828. The lowest BCUT2D eigenvalue weighted by molar-refractivity contribution is -0.917. The maximum absolute atomic E-state index is 9.45. The Morgan fingerprint density at radius 2 is 1.18 bits per heavy atom. The van der Waals surface area contributed by atoms with E-state index in [1.165, 1.54) is 155 Å². The molecule has 0 radical (unpaired) electrons. The summed E-state index contributed by atoms with van der Waals surface area (Å²) < 4.78 is 32.0. The van der Waals surface area contributed by atoms with E-state index in [-0.39, 0.29) is 6.61 Å². The highest BCUT2D eigenvalue weighted by Crippen LogP contribution is 2.15. The van der Waals surface area contributed by atoms with Gasteiger partial charge in [-0.2, -0.15) is 0 Å². The average Bonchev–Trinajstić information content (AvgIpc) is 3.26. The van der Waals surface area contributed by atoms with Crippen molar-refractivity contribution in [1.82, 2.24) is 4.90 Å². The fourth-order valence-corrected chi connectivity index (χ4v) is 5.96. The summed E-state index contributed by atoms with van der Waals surface area (Å²) in [5.74, 6) is 0. The number of quaternary nitrogens is 1. The predicted octanol–water partition coefficient (Wildman–Crippen LogP) is 5.80. The first-order valence-electron chi connectivity index (χ1n) is 16.3. The van der Waals surface area contributed by atoms with Crippen molar-refractivity contribution in [1.29, 1.82) is 0 Å². The van der Waals surface area contributed by atoms with Gasteiger partial charge in [-0.15, -0.1) is 0 Å². The van der Waals surface area contributed by atoms with E-state index in [2.05, 4.69) is 22.9 Å². The predicted molar refractivity (Wildman–Crippen MR) is 160 cm³/mol. The summed E-state index contributed by atoms with van der Waals surface area (Å²) in [7, 11) is -4.42. The Labute approximate surface area is 237 Å². The Morgan fingerprint density at radius 1 is 0.763 bits per heavy atom. The van der Waals surface area contributed by atoms with E-state index in [1.807, 2.05) is 0 Å². The van der Waals surface area contributed by atoms with Crippen LogP contribution in [0.4, 0.5) is 0 Å². The maximum atomic E-state index is 9.45. The van der Waals surface area contributed by atoms with Crippen LogP contribution in [0.1, 0.15) is 149 Å². The molecule has 7 nitrogen and oxygen atoms in total. The minimum Gasteiger partial charge on any atom is -0.726 e. The van der Waals surface area contributed by atoms with Crippen LogP contribution in [0, 0.1) is 0 Å². The molecule has 38 heavy (non-hydrogen) atoms. The third kappa shape index (κ3) is 23.6. The Hall–Kier alpha value is -0.250. The maximum Gasteiger partial charge on any atom is 0.217 e. The number of unbranched alkanes of at least 4 members (excludes halogenated alkanes) is 18. The van der Waals surface area contributed by atoms with E-state index in [4.69, 9.17) is 5.73 Å². The molecule has 1 aliphatic heterocycles. The summed E-state index contributed by atoms with van der Waals surface area (Å²) >= 11 is 0. The van der Waals surface area contributed by atoms with Crippen LogP contribution in [0.2, 0.25) is 0 Å². The molecule has 1 rings (SSSR count). The lowest BCUT2D eigenvalue weighted by Crippen LogP contribution is -3.15. The van der Waals surface area contributed by atoms with Gasteiger partial charge in [0.05, 0.1) is 26.2 Å². The van der Waals surface area contributed by atoms with E-state index in [0.29, 0.717) is 0 Å². The highest BCUT2D eigenvalue weighted by atomic mass is 32.3. The Morgan fingerprint density at radius 3 is 1.50 bits per heavy atom. The zero-order chi connectivity index (χ0) is 28.3. The van der Waals surface area contributed by atoms with Gasteiger partial charge in [-0.05, 0) is 13.3 Å². The first-order valence-corrected chi connectivity index (χ1v) is 17.6. The third-order valence-electron chi connectivity index (χ3n) is 7.85. The topological polar surface area (TPSA) is 100 Å². The first kappa shape index (κ1) is 37.8. The molecule has 0 aromatic rings. The fourth-order valence-electron chi connectivity index (χ4n) is 5.67. The number of hydrogen-bond acceptors (Lipinski definition) is 6. The second-order valence-electron chi connectivity index (χ2n) is 11.1. The van der Waals surface area contributed by atoms with Crippen molar-refractivity contribution >= 4 is 10.4 Å². The molecule has 0 amide bonds. The lowest BCUT2D eigenvalue weighted by atomic mass is 10.0. The molecule has 230 valence electrons. The van der Waals surface area contributed by atoms with Crippen molar-refractivity contribution in [2.45, 2.75) is 155 Å². The third-order valence-corrected chi connectivity index (χ3v) is 8.37. The molecule has 2 atom stereocenters. The second-order valence-corrected chi connectivity index (χ2v) is 12.1. The van der Waals surface area contributed by atoms with Crippen molar-refractivity contribution in [2.75, 3.05) is 39.3 Å². The molecule has 0 saturated carbocycles. The van der Waals surface area contributed by atoms with E-state index in [0.717, 1.165) is 19.3 Å². The molecule has 1 saturated heterocycles. The van der Waals surface area contributed by atoms with Crippen LogP contribution in [0.5, 0.6) is 0 Å². The number of hydrogen-bond donors (Lipinski definition) is 2. The van der Waals surface area contributed by atoms with Crippen LogP contribution in [0.3, 0.4) is 0 Å². The van der Waals surface area contributed by atoms with Gasteiger partial charge in [0.2, 0.25) is 10.4 Å². The molecule has 2 unspecified atom stereocenters. The minimum absolute atomic E-state index is 0.0914. The van der Waals surface area contributed by atoms with Gasteiger partial charge < -0.3 is 15.2 Å². The molecule has 0 aromatic heterocycles. The Bertz CT molecular complexity index is 592.